The molecular formula is C31H41N3O5. The van der Waals surface area contributed by atoms with Crippen LogP contribution in [0.3, 0.4) is 0 Å². The predicted molar refractivity (Wildman–Crippen MR) is 152 cm³/mol. The summed E-state index contributed by atoms with van der Waals surface area (Å²) in [7, 11) is 1.34. The van der Waals surface area contributed by atoms with Gasteiger partial charge in [0, 0.05) is 49.6 Å². The van der Waals surface area contributed by atoms with Crippen LogP contribution in [-0.2, 0) is 32.1 Å². The van der Waals surface area contributed by atoms with E-state index in [1.54, 1.807) is 4.90 Å². The lowest BCUT2D eigenvalue weighted by Gasteiger charge is -2.28. The molecule has 1 aromatic heterocycles. The maximum Gasteiger partial charge on any atom is 0.305 e. The number of carbonyl (C=O) groups is 3. The third kappa shape index (κ3) is 9.16. The van der Waals surface area contributed by atoms with Crippen molar-refractivity contribution >= 4 is 28.7 Å². The number of unbranched alkanes of at least 4 members (excludes halogenated alkanes) is 1. The number of amides is 2. The number of para-hydroxylation sites is 1. The molecule has 2 aromatic carbocycles. The molecule has 8 heteroatoms. The van der Waals surface area contributed by atoms with Gasteiger partial charge in [0.1, 0.15) is 5.75 Å². The summed E-state index contributed by atoms with van der Waals surface area (Å²) < 4.78 is 10.2. The number of hydrogen-bond acceptors (Lipinski definition) is 5. The number of nitrogens with one attached hydrogen (secondary N) is 1. The number of methoxy groups -OCH3 is 1. The summed E-state index contributed by atoms with van der Waals surface area (Å²) in [5.41, 5.74) is 3.22. The van der Waals surface area contributed by atoms with Gasteiger partial charge >= 0.3 is 5.97 Å². The zero-order chi connectivity index (χ0) is 28.0. The minimum Gasteiger partial charge on any atom is -0.494 e. The molecule has 0 spiro atoms. The van der Waals surface area contributed by atoms with Crippen molar-refractivity contribution in [3.05, 3.63) is 65.9 Å². The number of fused-ring (bicyclic) bond motifs is 1. The van der Waals surface area contributed by atoms with E-state index in [0.717, 1.165) is 40.6 Å². The van der Waals surface area contributed by atoms with Gasteiger partial charge in [-0.15, -0.1) is 0 Å². The van der Waals surface area contributed by atoms with Gasteiger partial charge in [-0.2, -0.15) is 0 Å². The van der Waals surface area contributed by atoms with Crippen molar-refractivity contribution in [2.75, 3.05) is 33.4 Å². The molecule has 0 fully saturated rings. The Morgan fingerprint density at radius 1 is 0.872 bits per heavy atom. The van der Waals surface area contributed by atoms with Gasteiger partial charge in [0.05, 0.1) is 20.3 Å². The number of nitrogens with zero attached hydrogens (tertiary/aromatic N) is 2. The van der Waals surface area contributed by atoms with Crippen LogP contribution in [0.2, 0.25) is 0 Å². The second-order valence-corrected chi connectivity index (χ2v) is 9.60. The lowest BCUT2D eigenvalue weighted by atomic mass is 10.1. The first kappa shape index (κ1) is 29.7. The molecule has 39 heavy (non-hydrogen) atoms. The molecule has 0 atom stereocenters. The lowest BCUT2D eigenvalue weighted by Crippen LogP contribution is -2.43. The Hall–Kier alpha value is -3.81. The fraction of sp³-hybridized carbons (Fsp3) is 0.452. The SMILES string of the molecule is CCCCN(CC(=O)N(CCc1c[nH]c2ccccc12)Cc1ccc(OCC)cc1)C(=O)CCCC(=O)OC. The normalized spacial score (nSPS) is 10.8. The molecular weight excluding hydrogens is 494 g/mol. The van der Waals surface area contributed by atoms with Crippen LogP contribution in [0, 0.1) is 0 Å². The molecule has 1 heterocycles. The number of esters is 1. The number of carbonyl (C=O) groups excluding carboxylic acids is 3. The van der Waals surface area contributed by atoms with Gasteiger partial charge in [-0.25, -0.2) is 0 Å². The molecule has 0 aliphatic heterocycles. The van der Waals surface area contributed by atoms with E-state index in [4.69, 9.17) is 4.74 Å². The van der Waals surface area contributed by atoms with Gasteiger partial charge in [0.25, 0.3) is 0 Å². The van der Waals surface area contributed by atoms with Gasteiger partial charge in [0.2, 0.25) is 11.8 Å². The first-order chi connectivity index (χ1) is 18.9. The maximum absolute atomic E-state index is 13.7. The van der Waals surface area contributed by atoms with Crippen molar-refractivity contribution in [3.63, 3.8) is 0 Å². The fourth-order valence-corrected chi connectivity index (χ4v) is 4.51. The Morgan fingerprint density at radius 3 is 2.36 bits per heavy atom. The van der Waals surface area contributed by atoms with Crippen LogP contribution < -0.4 is 4.74 Å². The molecule has 1 N–H and O–H groups in total. The Morgan fingerprint density at radius 2 is 1.64 bits per heavy atom. The highest BCUT2D eigenvalue weighted by molar-refractivity contribution is 5.85. The average molecular weight is 536 g/mol. The molecule has 3 rings (SSSR count). The summed E-state index contributed by atoms with van der Waals surface area (Å²) in [6, 6.07) is 15.9. The van der Waals surface area contributed by atoms with Gasteiger partial charge in [-0.1, -0.05) is 43.7 Å². The summed E-state index contributed by atoms with van der Waals surface area (Å²) in [4.78, 5) is 44.9. The first-order valence-corrected chi connectivity index (χ1v) is 13.8. The first-order valence-electron chi connectivity index (χ1n) is 13.8. The number of H-pyrrole nitrogens is 1. The Kier molecular flexibility index (Phi) is 11.9. The van der Waals surface area contributed by atoms with E-state index in [2.05, 4.69) is 22.7 Å². The van der Waals surface area contributed by atoms with Crippen LogP contribution in [0.1, 0.15) is 57.1 Å². The van der Waals surface area contributed by atoms with Crippen molar-refractivity contribution < 1.29 is 23.9 Å². The van der Waals surface area contributed by atoms with E-state index in [0.29, 0.717) is 39.1 Å². The van der Waals surface area contributed by atoms with Crippen molar-refractivity contribution in [1.82, 2.24) is 14.8 Å². The van der Waals surface area contributed by atoms with E-state index >= 15 is 0 Å². The predicted octanol–water partition coefficient (Wildman–Crippen LogP) is 5.11. The number of hydrogen-bond donors (Lipinski definition) is 1. The zero-order valence-electron chi connectivity index (χ0n) is 23.4. The molecule has 0 bridgehead atoms. The molecule has 0 saturated heterocycles. The molecule has 210 valence electrons. The van der Waals surface area contributed by atoms with E-state index < -0.39 is 0 Å². The fourth-order valence-electron chi connectivity index (χ4n) is 4.51. The van der Waals surface area contributed by atoms with Crippen LogP contribution in [0.25, 0.3) is 10.9 Å². The van der Waals surface area contributed by atoms with Crippen molar-refractivity contribution in [2.45, 2.75) is 58.9 Å². The molecule has 8 nitrogen and oxygen atoms in total. The third-order valence-electron chi connectivity index (χ3n) is 6.75. The Balaban J connectivity index is 1.73. The molecule has 0 aliphatic rings. The molecule has 0 radical (unpaired) electrons. The average Bonchev–Trinajstić information content (AvgIpc) is 3.37. The third-order valence-corrected chi connectivity index (χ3v) is 6.75. The van der Waals surface area contributed by atoms with Gasteiger partial charge in [-0.05, 0) is 55.5 Å². The van der Waals surface area contributed by atoms with Crippen LogP contribution >= 0.6 is 0 Å². The molecule has 3 aromatic rings. The minimum atomic E-state index is -0.335. The quantitative estimate of drug-likeness (QED) is 0.257. The number of benzene rings is 2. The lowest BCUT2D eigenvalue weighted by molar-refractivity contribution is -0.142. The number of aromatic nitrogens is 1. The topological polar surface area (TPSA) is 91.9 Å². The minimum absolute atomic E-state index is 0.0158. The zero-order valence-corrected chi connectivity index (χ0v) is 23.4. The second kappa shape index (κ2) is 15.6. The number of ether oxygens (including phenoxy) is 2. The van der Waals surface area contributed by atoms with Crippen molar-refractivity contribution in [1.29, 1.82) is 0 Å². The smallest absolute Gasteiger partial charge is 0.305 e. The molecule has 0 saturated carbocycles. The largest absolute Gasteiger partial charge is 0.494 e. The highest BCUT2D eigenvalue weighted by atomic mass is 16.5. The highest BCUT2D eigenvalue weighted by Gasteiger charge is 2.22. The monoisotopic (exact) mass is 535 g/mol. The van der Waals surface area contributed by atoms with Gasteiger partial charge < -0.3 is 24.3 Å². The Bertz CT molecular complexity index is 1200. The van der Waals surface area contributed by atoms with Crippen molar-refractivity contribution in [2.24, 2.45) is 0 Å². The van der Waals surface area contributed by atoms with Gasteiger partial charge in [-0.3, -0.25) is 14.4 Å². The maximum atomic E-state index is 13.7. The number of rotatable bonds is 16. The number of aromatic amines is 1. The molecule has 2 amide bonds. The van der Waals surface area contributed by atoms with Crippen LogP contribution in [0.5, 0.6) is 5.75 Å². The van der Waals surface area contributed by atoms with Crippen LogP contribution in [0.4, 0.5) is 0 Å². The molecule has 0 aliphatic carbocycles. The summed E-state index contributed by atoms with van der Waals surface area (Å²) >= 11 is 0. The van der Waals surface area contributed by atoms with Gasteiger partial charge in [0.15, 0.2) is 0 Å². The van der Waals surface area contributed by atoms with E-state index in [9.17, 15) is 14.4 Å². The van der Waals surface area contributed by atoms with Crippen molar-refractivity contribution in [3.8, 4) is 5.75 Å². The van der Waals surface area contributed by atoms with Crippen LogP contribution in [-0.4, -0.2) is 65.9 Å². The highest BCUT2D eigenvalue weighted by Crippen LogP contribution is 2.20. The Labute approximate surface area is 231 Å². The summed E-state index contributed by atoms with van der Waals surface area (Å²) in [5, 5.41) is 1.15. The van der Waals surface area contributed by atoms with E-state index in [-0.39, 0.29) is 37.2 Å². The second-order valence-electron chi connectivity index (χ2n) is 9.60. The summed E-state index contributed by atoms with van der Waals surface area (Å²) in [5.74, 6) is 0.249. The van der Waals surface area contributed by atoms with Crippen LogP contribution in [0.15, 0.2) is 54.7 Å². The van der Waals surface area contributed by atoms with E-state index in [1.807, 2.05) is 60.5 Å². The summed E-state index contributed by atoms with van der Waals surface area (Å²) in [6.07, 6.45) is 5.21. The molecule has 0 unspecified atom stereocenters. The van der Waals surface area contributed by atoms with E-state index in [1.165, 1.54) is 7.11 Å². The standard InChI is InChI=1S/C31H41N3O5/c1-4-6-19-33(29(35)12-9-13-31(37)38-3)23-30(36)34(22-24-14-16-26(17-15-24)39-5-2)20-18-25-21-32-28-11-8-7-10-27(25)28/h7-8,10-11,14-17,21,32H,4-6,9,12-13,18-20,22-23H2,1-3H3. The summed E-state index contributed by atoms with van der Waals surface area (Å²) in [6.45, 7) is 6.08.